The topological polar surface area (TPSA) is 38.0 Å². The Labute approximate surface area is 259 Å². The van der Waals surface area contributed by atoms with Gasteiger partial charge in [0.1, 0.15) is 11.5 Å². The Morgan fingerprint density at radius 3 is 1.96 bits per heavy atom. The van der Waals surface area contributed by atoms with Crippen LogP contribution in [0.5, 0.6) is 11.5 Å². The molecular formula is C42H24N2O. The van der Waals surface area contributed by atoms with Crippen LogP contribution in [0.2, 0.25) is 0 Å². The maximum Gasteiger partial charge on any atom is 0.133 e. The number of nitrogens with zero attached hydrogens (tertiary/aromatic N) is 2. The van der Waals surface area contributed by atoms with Gasteiger partial charge in [-0.25, -0.2) is 0 Å². The molecule has 1 aliphatic carbocycles. The smallest absolute Gasteiger partial charge is 0.133 e. The first-order chi connectivity index (χ1) is 22.3. The van der Waals surface area contributed by atoms with E-state index in [9.17, 15) is 5.26 Å². The molecule has 0 saturated carbocycles. The van der Waals surface area contributed by atoms with E-state index in [2.05, 4.69) is 132 Å². The van der Waals surface area contributed by atoms with Gasteiger partial charge in [0.25, 0.3) is 0 Å². The predicted molar refractivity (Wildman–Crippen MR) is 180 cm³/mol. The molecule has 0 unspecified atom stereocenters. The first-order valence-electron chi connectivity index (χ1n) is 15.2. The Morgan fingerprint density at radius 1 is 0.533 bits per heavy atom. The van der Waals surface area contributed by atoms with Gasteiger partial charge in [-0.1, -0.05) is 97.1 Å². The maximum atomic E-state index is 9.54. The van der Waals surface area contributed by atoms with E-state index in [-0.39, 0.29) is 0 Å². The summed E-state index contributed by atoms with van der Waals surface area (Å²) in [5.74, 6) is 1.76. The number of hydrogen-bond donors (Lipinski definition) is 0. The van der Waals surface area contributed by atoms with Gasteiger partial charge in [-0.05, 0) is 81.6 Å². The van der Waals surface area contributed by atoms with E-state index in [0.717, 1.165) is 44.7 Å². The molecule has 1 spiro atoms. The van der Waals surface area contributed by atoms with Crippen molar-refractivity contribution in [1.82, 2.24) is 4.57 Å². The van der Waals surface area contributed by atoms with Crippen LogP contribution in [0.1, 0.15) is 27.8 Å². The van der Waals surface area contributed by atoms with Gasteiger partial charge in [-0.15, -0.1) is 0 Å². The highest BCUT2D eigenvalue weighted by Gasteiger charge is 2.51. The van der Waals surface area contributed by atoms with Gasteiger partial charge in [0.2, 0.25) is 0 Å². The Morgan fingerprint density at radius 2 is 1.20 bits per heavy atom. The van der Waals surface area contributed by atoms with Gasteiger partial charge in [0.15, 0.2) is 0 Å². The molecule has 3 nitrogen and oxygen atoms in total. The summed E-state index contributed by atoms with van der Waals surface area (Å²) in [6.45, 7) is 0. The predicted octanol–water partition coefficient (Wildman–Crippen LogP) is 10.3. The number of benzene rings is 7. The number of rotatable bonds is 1. The van der Waals surface area contributed by atoms with Crippen LogP contribution in [0, 0.1) is 11.3 Å². The highest BCUT2D eigenvalue weighted by molar-refractivity contribution is 6.22. The van der Waals surface area contributed by atoms with E-state index >= 15 is 0 Å². The number of ether oxygens (including phenoxy) is 1. The second-order valence-corrected chi connectivity index (χ2v) is 12.0. The van der Waals surface area contributed by atoms with Crippen LogP contribution in [0.4, 0.5) is 0 Å². The molecule has 0 fully saturated rings. The van der Waals surface area contributed by atoms with E-state index in [4.69, 9.17) is 4.74 Å². The molecule has 208 valence electrons. The normalized spacial score (nSPS) is 13.7. The highest BCUT2D eigenvalue weighted by Crippen LogP contribution is 2.62. The zero-order chi connectivity index (χ0) is 29.7. The summed E-state index contributed by atoms with van der Waals surface area (Å²) in [7, 11) is 0. The molecule has 7 aromatic carbocycles. The molecule has 1 aromatic heterocycles. The van der Waals surface area contributed by atoms with Gasteiger partial charge in [0.05, 0.1) is 28.1 Å². The molecule has 45 heavy (non-hydrogen) atoms. The van der Waals surface area contributed by atoms with Crippen molar-refractivity contribution in [3.63, 3.8) is 0 Å². The highest BCUT2D eigenvalue weighted by atomic mass is 16.5. The lowest BCUT2D eigenvalue weighted by atomic mass is 9.66. The monoisotopic (exact) mass is 572 g/mol. The fourth-order valence-electron chi connectivity index (χ4n) is 8.10. The van der Waals surface area contributed by atoms with Crippen LogP contribution in [0.15, 0.2) is 146 Å². The lowest BCUT2D eigenvalue weighted by Crippen LogP contribution is -2.32. The molecular weight excluding hydrogens is 548 g/mol. The Kier molecular flexibility index (Phi) is 4.72. The first-order valence-corrected chi connectivity index (χ1v) is 15.2. The van der Waals surface area contributed by atoms with Gasteiger partial charge in [-0.2, -0.15) is 5.26 Å². The molecule has 2 heterocycles. The summed E-state index contributed by atoms with van der Waals surface area (Å²) in [5, 5.41) is 14.3. The minimum Gasteiger partial charge on any atom is -0.457 e. The third kappa shape index (κ3) is 3.03. The maximum absolute atomic E-state index is 9.54. The van der Waals surface area contributed by atoms with Crippen LogP contribution in [-0.2, 0) is 5.41 Å². The summed E-state index contributed by atoms with van der Waals surface area (Å²) in [4.78, 5) is 0. The van der Waals surface area contributed by atoms with E-state index in [1.165, 1.54) is 38.4 Å². The van der Waals surface area contributed by atoms with E-state index in [0.29, 0.717) is 5.56 Å². The first kappa shape index (κ1) is 24.3. The standard InChI is InChI=1S/C42H24N2O/c43-25-26-17-20-28(21-18-26)44-37-22-19-27-9-1-2-10-29(27)41(37)32-23-40-36(24-38(32)44)42(35-15-7-8-16-39(35)45-40)33-13-5-3-11-30(33)31-12-4-6-14-34(31)42/h1-24H. The lowest BCUT2D eigenvalue weighted by molar-refractivity contribution is 0.437. The molecule has 2 aliphatic rings. The molecule has 0 atom stereocenters. The minimum atomic E-state index is -0.542. The Balaban J connectivity index is 1.41. The van der Waals surface area contributed by atoms with Gasteiger partial charge in [0, 0.05) is 27.6 Å². The van der Waals surface area contributed by atoms with Crippen molar-refractivity contribution in [3.8, 4) is 34.4 Å². The second kappa shape index (κ2) is 8.72. The quantitative estimate of drug-likeness (QED) is 0.196. The molecule has 0 radical (unpaired) electrons. The van der Waals surface area contributed by atoms with Crippen LogP contribution in [-0.4, -0.2) is 4.57 Å². The minimum absolute atomic E-state index is 0.542. The number of hydrogen-bond acceptors (Lipinski definition) is 2. The van der Waals surface area contributed by atoms with Crippen LogP contribution in [0.3, 0.4) is 0 Å². The van der Waals surface area contributed by atoms with Crippen molar-refractivity contribution in [2.75, 3.05) is 0 Å². The second-order valence-electron chi connectivity index (χ2n) is 12.0. The summed E-state index contributed by atoms with van der Waals surface area (Å²) in [5.41, 5.74) is 10.7. The van der Waals surface area contributed by atoms with Crippen LogP contribution < -0.4 is 4.74 Å². The number of para-hydroxylation sites is 1. The van der Waals surface area contributed by atoms with Crippen molar-refractivity contribution >= 4 is 32.6 Å². The van der Waals surface area contributed by atoms with Crippen molar-refractivity contribution in [2.45, 2.75) is 5.41 Å². The van der Waals surface area contributed by atoms with Crippen molar-refractivity contribution < 1.29 is 4.74 Å². The fourth-order valence-corrected chi connectivity index (χ4v) is 8.10. The molecule has 8 aromatic rings. The molecule has 0 saturated heterocycles. The summed E-state index contributed by atoms with van der Waals surface area (Å²) < 4.78 is 9.21. The summed E-state index contributed by atoms with van der Waals surface area (Å²) >= 11 is 0. The van der Waals surface area contributed by atoms with Crippen molar-refractivity contribution in [2.24, 2.45) is 0 Å². The van der Waals surface area contributed by atoms with Gasteiger partial charge >= 0.3 is 0 Å². The number of fused-ring (bicyclic) bond motifs is 14. The fraction of sp³-hybridized carbons (Fsp3) is 0.0238. The zero-order valence-electron chi connectivity index (χ0n) is 24.2. The third-order valence-electron chi connectivity index (χ3n) is 9.88. The summed E-state index contributed by atoms with van der Waals surface area (Å²) in [6, 6.07) is 54.0. The van der Waals surface area contributed by atoms with E-state index in [1.807, 2.05) is 24.3 Å². The number of nitriles is 1. The average Bonchev–Trinajstić information content (AvgIpc) is 3.58. The number of aromatic nitrogens is 1. The van der Waals surface area contributed by atoms with Crippen molar-refractivity contribution in [1.29, 1.82) is 5.26 Å². The Bertz CT molecular complexity index is 2540. The van der Waals surface area contributed by atoms with Gasteiger partial charge < -0.3 is 9.30 Å². The van der Waals surface area contributed by atoms with Crippen LogP contribution >= 0.6 is 0 Å². The van der Waals surface area contributed by atoms with Crippen molar-refractivity contribution in [3.05, 3.63) is 173 Å². The van der Waals surface area contributed by atoms with E-state index in [1.54, 1.807) is 0 Å². The average molecular weight is 573 g/mol. The zero-order valence-corrected chi connectivity index (χ0v) is 24.2. The molecule has 1 aliphatic heterocycles. The Hall–Kier alpha value is -6.11. The largest absolute Gasteiger partial charge is 0.457 e. The molecule has 0 amide bonds. The van der Waals surface area contributed by atoms with Crippen LogP contribution in [0.25, 0.3) is 49.4 Å². The third-order valence-corrected chi connectivity index (χ3v) is 9.88. The summed E-state index contributed by atoms with van der Waals surface area (Å²) in [6.07, 6.45) is 0. The molecule has 0 bridgehead atoms. The molecule has 0 N–H and O–H groups in total. The molecule has 3 heteroatoms. The molecule has 10 rings (SSSR count). The van der Waals surface area contributed by atoms with Gasteiger partial charge in [-0.3, -0.25) is 0 Å². The SMILES string of the molecule is N#Cc1ccc(-n2c3cc4c(cc3c3c5ccccc5ccc32)Oc2ccccc2C42c3ccccc3-c3ccccc32)cc1. The lowest BCUT2D eigenvalue weighted by Gasteiger charge is -2.39. The van der Waals surface area contributed by atoms with E-state index < -0.39 is 5.41 Å².